The van der Waals surface area contributed by atoms with Gasteiger partial charge >= 0.3 is 5.97 Å². The molecule has 1 heterocycles. The van der Waals surface area contributed by atoms with Gasteiger partial charge in [0.2, 0.25) is 5.91 Å². The third-order valence-electron chi connectivity index (χ3n) is 4.75. The summed E-state index contributed by atoms with van der Waals surface area (Å²) in [7, 11) is 0. The van der Waals surface area contributed by atoms with Gasteiger partial charge in [0, 0.05) is 18.5 Å². The molecule has 126 valence electrons. The molecule has 0 aromatic rings. The lowest BCUT2D eigenvalue weighted by molar-refractivity contribution is -0.139. The van der Waals surface area contributed by atoms with Crippen LogP contribution >= 0.6 is 0 Å². The van der Waals surface area contributed by atoms with E-state index in [4.69, 9.17) is 9.84 Å². The normalized spacial score (nSPS) is 31.0. The molecule has 1 saturated heterocycles. The molecule has 0 spiro atoms. The van der Waals surface area contributed by atoms with Crippen LogP contribution in [0, 0.1) is 0 Å². The van der Waals surface area contributed by atoms with Crippen molar-refractivity contribution in [2.24, 2.45) is 0 Å². The van der Waals surface area contributed by atoms with Gasteiger partial charge in [-0.15, -0.1) is 0 Å². The Hall–Kier alpha value is -1.14. The summed E-state index contributed by atoms with van der Waals surface area (Å²) in [5.74, 6) is -0.701. The third kappa shape index (κ3) is 4.95. The number of aliphatic carboxylic acids is 1. The number of likely N-dealkylation sites (N-methyl/N-ethyl adjacent to an activating group) is 1. The second kappa shape index (κ2) is 7.92. The molecule has 2 rings (SSSR count). The van der Waals surface area contributed by atoms with Crippen molar-refractivity contribution in [1.29, 1.82) is 0 Å². The molecule has 1 aliphatic carbocycles. The number of carboxylic acid groups (broad SMARTS) is 1. The Morgan fingerprint density at radius 2 is 2.05 bits per heavy atom. The lowest BCUT2D eigenvalue weighted by Crippen LogP contribution is -2.54. The molecular weight excluding hydrogens is 284 g/mol. The van der Waals surface area contributed by atoms with Crippen molar-refractivity contribution in [3.63, 3.8) is 0 Å². The molecule has 2 fully saturated rings. The average Bonchev–Trinajstić information content (AvgIpc) is 2.83. The molecule has 6 nitrogen and oxygen atoms in total. The molecule has 2 unspecified atom stereocenters. The Morgan fingerprint density at radius 3 is 2.59 bits per heavy atom. The number of carbonyl (C=O) groups excluding carboxylic acids is 1. The second-order valence-corrected chi connectivity index (χ2v) is 6.53. The predicted octanol–water partition coefficient (Wildman–Crippen LogP) is 1.39. The topological polar surface area (TPSA) is 78.9 Å². The molecule has 6 heteroatoms. The molecule has 0 bridgehead atoms. The van der Waals surface area contributed by atoms with Gasteiger partial charge in [0.05, 0.1) is 18.8 Å². The quantitative estimate of drug-likeness (QED) is 0.708. The van der Waals surface area contributed by atoms with Crippen LogP contribution in [0.4, 0.5) is 0 Å². The summed E-state index contributed by atoms with van der Waals surface area (Å²) in [6.07, 6.45) is 5.73. The number of nitrogens with one attached hydrogen (secondary N) is 1. The van der Waals surface area contributed by atoms with Crippen LogP contribution in [-0.4, -0.2) is 59.3 Å². The van der Waals surface area contributed by atoms with Gasteiger partial charge in [-0.25, -0.2) is 0 Å². The fraction of sp³-hybridized carbons (Fsp3) is 0.875. The molecule has 1 aliphatic heterocycles. The van der Waals surface area contributed by atoms with Crippen molar-refractivity contribution in [3.8, 4) is 0 Å². The van der Waals surface area contributed by atoms with E-state index in [1.54, 1.807) is 0 Å². The number of carbonyl (C=O) groups is 2. The average molecular weight is 312 g/mol. The highest BCUT2D eigenvalue weighted by molar-refractivity contribution is 5.76. The summed E-state index contributed by atoms with van der Waals surface area (Å²) < 4.78 is 5.71. The minimum Gasteiger partial charge on any atom is -0.480 e. The van der Waals surface area contributed by atoms with Gasteiger partial charge in [0.15, 0.2) is 0 Å². The van der Waals surface area contributed by atoms with Crippen molar-refractivity contribution in [2.75, 3.05) is 13.1 Å². The van der Waals surface area contributed by atoms with Gasteiger partial charge < -0.3 is 15.2 Å². The number of nitrogens with zero attached hydrogens (tertiary/aromatic N) is 1. The van der Waals surface area contributed by atoms with Crippen LogP contribution in [0.25, 0.3) is 0 Å². The van der Waals surface area contributed by atoms with E-state index in [-0.39, 0.29) is 30.6 Å². The third-order valence-corrected chi connectivity index (χ3v) is 4.75. The van der Waals surface area contributed by atoms with Gasteiger partial charge in [-0.05, 0) is 45.6 Å². The zero-order valence-corrected chi connectivity index (χ0v) is 13.6. The van der Waals surface area contributed by atoms with Crippen molar-refractivity contribution >= 4 is 11.9 Å². The van der Waals surface area contributed by atoms with Crippen LogP contribution in [0.5, 0.6) is 0 Å². The van der Waals surface area contributed by atoms with Crippen molar-refractivity contribution in [2.45, 2.75) is 76.7 Å². The maximum atomic E-state index is 11.9. The van der Waals surface area contributed by atoms with Crippen LogP contribution in [0.1, 0.15) is 52.4 Å². The first-order valence-electron chi connectivity index (χ1n) is 8.38. The van der Waals surface area contributed by atoms with E-state index in [9.17, 15) is 9.59 Å². The van der Waals surface area contributed by atoms with E-state index in [2.05, 4.69) is 12.2 Å². The first-order valence-corrected chi connectivity index (χ1v) is 8.38. The van der Waals surface area contributed by atoms with Gasteiger partial charge in [0.1, 0.15) is 0 Å². The minimum atomic E-state index is -0.792. The molecule has 2 aliphatic rings. The molecule has 0 radical (unpaired) electrons. The molecular formula is C16H28N2O4. The monoisotopic (exact) mass is 312 g/mol. The lowest BCUT2D eigenvalue weighted by atomic mass is 9.85. The molecule has 0 aromatic heterocycles. The summed E-state index contributed by atoms with van der Waals surface area (Å²) in [5, 5.41) is 11.9. The molecule has 22 heavy (non-hydrogen) atoms. The zero-order valence-electron chi connectivity index (χ0n) is 13.6. The minimum absolute atomic E-state index is 0.0824. The number of hydrogen-bond donors (Lipinski definition) is 2. The van der Waals surface area contributed by atoms with Crippen molar-refractivity contribution in [1.82, 2.24) is 10.2 Å². The molecule has 2 atom stereocenters. The van der Waals surface area contributed by atoms with E-state index < -0.39 is 5.97 Å². The highest BCUT2D eigenvalue weighted by Gasteiger charge is 2.34. The van der Waals surface area contributed by atoms with Crippen molar-refractivity contribution < 1.29 is 19.4 Å². The van der Waals surface area contributed by atoms with Gasteiger partial charge in [-0.2, -0.15) is 0 Å². The maximum Gasteiger partial charge on any atom is 0.317 e. The van der Waals surface area contributed by atoms with Crippen LogP contribution in [-0.2, 0) is 14.3 Å². The standard InChI is InChI=1S/C16H28N2O4/c1-3-18(10-16(20)21)13-8-12(9-13)17-15(19)7-6-14-5-4-11(2)22-14/h11-14H,3-10H2,1-2H3,(H,17,19)(H,20,21). The molecule has 1 amide bonds. The van der Waals surface area contributed by atoms with E-state index in [0.717, 1.165) is 38.6 Å². The number of ether oxygens (including phenoxy) is 1. The second-order valence-electron chi connectivity index (χ2n) is 6.53. The predicted molar refractivity (Wildman–Crippen MR) is 82.6 cm³/mol. The SMILES string of the molecule is CCN(CC(=O)O)C1CC(NC(=O)CCC2CCC(C)O2)C1. The summed E-state index contributed by atoms with van der Waals surface area (Å²) in [6.45, 7) is 4.86. The Morgan fingerprint density at radius 1 is 1.32 bits per heavy atom. The fourth-order valence-corrected chi connectivity index (χ4v) is 3.37. The van der Waals surface area contributed by atoms with Crippen LogP contribution in [0.2, 0.25) is 0 Å². The van der Waals surface area contributed by atoms with Crippen LogP contribution < -0.4 is 5.32 Å². The van der Waals surface area contributed by atoms with Crippen LogP contribution in [0.15, 0.2) is 0 Å². The van der Waals surface area contributed by atoms with E-state index in [1.807, 2.05) is 11.8 Å². The number of carboxylic acids is 1. The van der Waals surface area contributed by atoms with E-state index in [1.165, 1.54) is 0 Å². The van der Waals surface area contributed by atoms with E-state index >= 15 is 0 Å². The van der Waals surface area contributed by atoms with Gasteiger partial charge in [0.25, 0.3) is 0 Å². The fourth-order valence-electron chi connectivity index (χ4n) is 3.37. The van der Waals surface area contributed by atoms with E-state index in [0.29, 0.717) is 12.5 Å². The first-order chi connectivity index (χ1) is 10.5. The molecule has 0 aromatic carbocycles. The maximum absolute atomic E-state index is 11.9. The number of rotatable bonds is 8. The highest BCUT2D eigenvalue weighted by atomic mass is 16.5. The molecule has 1 saturated carbocycles. The number of amides is 1. The van der Waals surface area contributed by atoms with Crippen LogP contribution in [0.3, 0.4) is 0 Å². The number of hydrogen-bond acceptors (Lipinski definition) is 4. The summed E-state index contributed by atoms with van der Waals surface area (Å²) in [6, 6.07) is 0.481. The van der Waals surface area contributed by atoms with Crippen molar-refractivity contribution in [3.05, 3.63) is 0 Å². The van der Waals surface area contributed by atoms with Gasteiger partial charge in [-0.1, -0.05) is 6.92 Å². The Kier molecular flexibility index (Phi) is 6.20. The smallest absolute Gasteiger partial charge is 0.317 e. The summed E-state index contributed by atoms with van der Waals surface area (Å²) in [5.41, 5.74) is 0. The Labute approximate surface area is 132 Å². The van der Waals surface area contributed by atoms with Gasteiger partial charge in [-0.3, -0.25) is 14.5 Å². The highest BCUT2D eigenvalue weighted by Crippen LogP contribution is 2.26. The zero-order chi connectivity index (χ0) is 16.1. The largest absolute Gasteiger partial charge is 0.480 e. The molecule has 2 N–H and O–H groups in total. The lowest BCUT2D eigenvalue weighted by Gasteiger charge is -2.42. The Bertz CT molecular complexity index is 396. The summed E-state index contributed by atoms with van der Waals surface area (Å²) >= 11 is 0. The first kappa shape index (κ1) is 17.2. The Balaban J connectivity index is 1.60. The summed E-state index contributed by atoms with van der Waals surface area (Å²) in [4.78, 5) is 24.7.